The molecule has 0 atom stereocenters. The number of hydrogen-bond acceptors (Lipinski definition) is 1. The van der Waals surface area contributed by atoms with Crippen LogP contribution in [-0.4, -0.2) is 25.0 Å². The number of rotatable bonds is 4. The minimum Gasteiger partial charge on any atom is -0.306 e. The van der Waals surface area contributed by atoms with E-state index in [0.717, 1.165) is 5.92 Å². The normalized spacial score (nSPS) is 19.5. The van der Waals surface area contributed by atoms with Crippen molar-refractivity contribution >= 4 is 0 Å². The Bertz CT molecular complexity index is 86.7. The topological polar surface area (TPSA) is 3.24 Å². The van der Waals surface area contributed by atoms with Crippen LogP contribution in [0.4, 0.5) is 0 Å². The molecule has 1 aliphatic rings. The fourth-order valence-electron chi connectivity index (χ4n) is 1.59. The lowest BCUT2D eigenvalue weighted by molar-refractivity contribution is 0.206. The minimum atomic E-state index is 1.04. The van der Waals surface area contributed by atoms with E-state index in [2.05, 4.69) is 18.9 Å². The van der Waals surface area contributed by atoms with Gasteiger partial charge in [-0.15, -0.1) is 0 Å². The third-order valence-electron chi connectivity index (χ3n) is 2.40. The Labute approximate surface area is 64.4 Å². The van der Waals surface area contributed by atoms with Crippen LogP contribution in [0, 0.1) is 5.92 Å². The van der Waals surface area contributed by atoms with Gasteiger partial charge >= 0.3 is 0 Å². The first-order valence-electron chi connectivity index (χ1n) is 4.51. The van der Waals surface area contributed by atoms with Gasteiger partial charge in [0.15, 0.2) is 0 Å². The van der Waals surface area contributed by atoms with Crippen molar-refractivity contribution in [3.05, 3.63) is 0 Å². The molecule has 1 nitrogen and oxygen atoms in total. The summed E-state index contributed by atoms with van der Waals surface area (Å²) < 4.78 is 0. The molecular weight excluding hydrogens is 122 g/mol. The molecule has 0 unspecified atom stereocenters. The zero-order valence-electron chi connectivity index (χ0n) is 7.27. The zero-order valence-corrected chi connectivity index (χ0v) is 7.27. The molecule has 0 N–H and O–H groups in total. The van der Waals surface area contributed by atoms with Crippen molar-refractivity contribution < 1.29 is 0 Å². The molecule has 0 radical (unpaired) electrons. The molecule has 0 spiro atoms. The molecule has 1 heteroatoms. The van der Waals surface area contributed by atoms with Gasteiger partial charge in [-0.3, -0.25) is 0 Å². The van der Waals surface area contributed by atoms with Crippen LogP contribution in [0.5, 0.6) is 0 Å². The van der Waals surface area contributed by atoms with E-state index in [-0.39, 0.29) is 0 Å². The first-order valence-corrected chi connectivity index (χ1v) is 4.51. The van der Waals surface area contributed by atoms with E-state index in [1.807, 2.05) is 0 Å². The van der Waals surface area contributed by atoms with Crippen LogP contribution in [0.25, 0.3) is 0 Å². The van der Waals surface area contributed by atoms with Gasteiger partial charge in [0.25, 0.3) is 0 Å². The Morgan fingerprint density at radius 1 is 1.40 bits per heavy atom. The lowest BCUT2D eigenvalue weighted by Crippen LogP contribution is -2.29. The van der Waals surface area contributed by atoms with Crippen molar-refractivity contribution in [1.29, 1.82) is 0 Å². The standard InChI is InChI=1S/C9H19N/c1-3-7-10(2)8-9-5-4-6-9/h9H,3-8H2,1-2H3. The van der Waals surface area contributed by atoms with E-state index in [4.69, 9.17) is 0 Å². The summed E-state index contributed by atoms with van der Waals surface area (Å²) in [5.74, 6) is 1.04. The third-order valence-corrected chi connectivity index (χ3v) is 2.40. The van der Waals surface area contributed by atoms with E-state index in [0.29, 0.717) is 0 Å². The summed E-state index contributed by atoms with van der Waals surface area (Å²) in [6.07, 6.45) is 5.73. The van der Waals surface area contributed by atoms with E-state index in [1.54, 1.807) is 0 Å². The maximum Gasteiger partial charge on any atom is 0.000660 e. The second-order valence-corrected chi connectivity index (χ2v) is 3.56. The molecule has 60 valence electrons. The minimum absolute atomic E-state index is 1.04. The monoisotopic (exact) mass is 141 g/mol. The van der Waals surface area contributed by atoms with Gasteiger partial charge in [-0.1, -0.05) is 13.3 Å². The molecule has 0 amide bonds. The predicted octanol–water partition coefficient (Wildman–Crippen LogP) is 2.13. The highest BCUT2D eigenvalue weighted by atomic mass is 15.1. The Hall–Kier alpha value is -0.0400. The van der Waals surface area contributed by atoms with Crippen LogP contribution in [0.3, 0.4) is 0 Å². The summed E-state index contributed by atoms with van der Waals surface area (Å²) in [7, 11) is 2.24. The molecule has 0 aromatic heterocycles. The summed E-state index contributed by atoms with van der Waals surface area (Å²) in [6, 6.07) is 0. The third kappa shape index (κ3) is 2.30. The number of hydrogen-bond donors (Lipinski definition) is 0. The van der Waals surface area contributed by atoms with Gasteiger partial charge in [-0.05, 0) is 38.8 Å². The Kier molecular flexibility index (Phi) is 3.20. The summed E-state index contributed by atoms with van der Waals surface area (Å²) in [6.45, 7) is 4.86. The Morgan fingerprint density at radius 3 is 2.50 bits per heavy atom. The summed E-state index contributed by atoms with van der Waals surface area (Å²) >= 11 is 0. The van der Waals surface area contributed by atoms with Crippen LogP contribution >= 0.6 is 0 Å². The zero-order chi connectivity index (χ0) is 7.40. The number of nitrogens with zero attached hydrogens (tertiary/aromatic N) is 1. The van der Waals surface area contributed by atoms with Crippen molar-refractivity contribution in [3.63, 3.8) is 0 Å². The van der Waals surface area contributed by atoms with Gasteiger partial charge in [-0.2, -0.15) is 0 Å². The maximum absolute atomic E-state index is 2.46. The van der Waals surface area contributed by atoms with Crippen LogP contribution in [0.1, 0.15) is 32.6 Å². The smallest absolute Gasteiger partial charge is 0.000660 e. The first-order chi connectivity index (χ1) is 4.83. The second-order valence-electron chi connectivity index (χ2n) is 3.56. The predicted molar refractivity (Wildman–Crippen MR) is 45.1 cm³/mol. The highest BCUT2D eigenvalue weighted by molar-refractivity contribution is 4.72. The lowest BCUT2D eigenvalue weighted by atomic mass is 9.85. The first kappa shape index (κ1) is 8.06. The SMILES string of the molecule is CCCN(C)CC1CCC1. The average Bonchev–Trinajstić information content (AvgIpc) is 1.80. The summed E-state index contributed by atoms with van der Waals surface area (Å²) in [5.41, 5.74) is 0. The fraction of sp³-hybridized carbons (Fsp3) is 1.00. The Balaban J connectivity index is 1.99. The second kappa shape index (κ2) is 3.97. The maximum atomic E-state index is 2.46. The molecule has 1 fully saturated rings. The van der Waals surface area contributed by atoms with E-state index in [1.165, 1.54) is 38.8 Å². The molecule has 1 rings (SSSR count). The lowest BCUT2D eigenvalue weighted by Gasteiger charge is -2.29. The summed E-state index contributed by atoms with van der Waals surface area (Å²) in [4.78, 5) is 2.46. The highest BCUT2D eigenvalue weighted by Crippen LogP contribution is 2.26. The Morgan fingerprint density at radius 2 is 2.10 bits per heavy atom. The van der Waals surface area contributed by atoms with Crippen molar-refractivity contribution in [3.8, 4) is 0 Å². The van der Waals surface area contributed by atoms with Crippen LogP contribution < -0.4 is 0 Å². The quantitative estimate of drug-likeness (QED) is 0.579. The molecular formula is C9H19N. The van der Waals surface area contributed by atoms with E-state index < -0.39 is 0 Å². The van der Waals surface area contributed by atoms with E-state index >= 15 is 0 Å². The molecule has 0 heterocycles. The van der Waals surface area contributed by atoms with Crippen LogP contribution in [0.2, 0.25) is 0 Å². The summed E-state index contributed by atoms with van der Waals surface area (Å²) in [5, 5.41) is 0. The molecule has 0 aromatic carbocycles. The van der Waals surface area contributed by atoms with Gasteiger partial charge in [-0.25, -0.2) is 0 Å². The largest absolute Gasteiger partial charge is 0.306 e. The van der Waals surface area contributed by atoms with Crippen molar-refractivity contribution in [2.45, 2.75) is 32.6 Å². The molecule has 0 aliphatic heterocycles. The molecule has 0 bridgehead atoms. The van der Waals surface area contributed by atoms with Crippen molar-refractivity contribution in [2.24, 2.45) is 5.92 Å². The van der Waals surface area contributed by atoms with Crippen LogP contribution in [0.15, 0.2) is 0 Å². The van der Waals surface area contributed by atoms with Crippen molar-refractivity contribution in [2.75, 3.05) is 20.1 Å². The van der Waals surface area contributed by atoms with Gasteiger partial charge in [0, 0.05) is 6.54 Å². The molecule has 1 aliphatic carbocycles. The van der Waals surface area contributed by atoms with Gasteiger partial charge in [0.1, 0.15) is 0 Å². The van der Waals surface area contributed by atoms with Gasteiger partial charge in [0.05, 0.1) is 0 Å². The molecule has 0 saturated heterocycles. The fourth-order valence-corrected chi connectivity index (χ4v) is 1.59. The van der Waals surface area contributed by atoms with E-state index in [9.17, 15) is 0 Å². The molecule has 0 aromatic rings. The van der Waals surface area contributed by atoms with Gasteiger partial charge < -0.3 is 4.90 Å². The average molecular weight is 141 g/mol. The highest BCUT2D eigenvalue weighted by Gasteiger charge is 2.18. The van der Waals surface area contributed by atoms with Crippen LogP contribution in [-0.2, 0) is 0 Å². The van der Waals surface area contributed by atoms with Crippen molar-refractivity contribution in [1.82, 2.24) is 4.90 Å². The molecule has 10 heavy (non-hydrogen) atoms. The van der Waals surface area contributed by atoms with Gasteiger partial charge in [0.2, 0.25) is 0 Å². The molecule has 1 saturated carbocycles.